The molecule has 2 amide bonds. The number of nitrogens with one attached hydrogen (secondary N) is 2. The van der Waals surface area contributed by atoms with Gasteiger partial charge in [-0.25, -0.2) is 14.8 Å². The zero-order valence-corrected chi connectivity index (χ0v) is 16.4. The quantitative estimate of drug-likeness (QED) is 0.543. The van der Waals surface area contributed by atoms with Crippen molar-refractivity contribution in [1.29, 1.82) is 0 Å². The number of carbonyl (C=O) groups is 1. The molecule has 150 valence electrons. The SMILES string of the molecule is COc1cccc(NC(=O)Nc2ccc(-c3ccn4c(=O)cc(C)nc4c3)cn2)c1. The average molecular weight is 401 g/mol. The van der Waals surface area contributed by atoms with Gasteiger partial charge < -0.3 is 10.1 Å². The van der Waals surface area contributed by atoms with Gasteiger partial charge in [-0.1, -0.05) is 6.07 Å². The zero-order valence-electron chi connectivity index (χ0n) is 16.4. The van der Waals surface area contributed by atoms with Crippen LogP contribution in [-0.2, 0) is 0 Å². The van der Waals surface area contributed by atoms with Gasteiger partial charge in [0.05, 0.1) is 7.11 Å². The highest BCUT2D eigenvalue weighted by atomic mass is 16.5. The van der Waals surface area contributed by atoms with Crippen LogP contribution in [0.5, 0.6) is 5.75 Å². The molecule has 3 heterocycles. The summed E-state index contributed by atoms with van der Waals surface area (Å²) in [5, 5.41) is 5.42. The number of pyridine rings is 2. The highest BCUT2D eigenvalue weighted by molar-refractivity contribution is 5.99. The normalized spacial score (nSPS) is 10.6. The summed E-state index contributed by atoms with van der Waals surface area (Å²) in [6, 6.07) is 15.3. The molecule has 3 aromatic heterocycles. The second-order valence-corrected chi connectivity index (χ2v) is 6.62. The van der Waals surface area contributed by atoms with Crippen molar-refractivity contribution < 1.29 is 9.53 Å². The van der Waals surface area contributed by atoms with Gasteiger partial charge in [0.2, 0.25) is 0 Å². The number of anilines is 2. The molecule has 0 bridgehead atoms. The summed E-state index contributed by atoms with van der Waals surface area (Å²) >= 11 is 0. The largest absolute Gasteiger partial charge is 0.497 e. The number of nitrogens with zero attached hydrogens (tertiary/aromatic N) is 3. The summed E-state index contributed by atoms with van der Waals surface area (Å²) in [4.78, 5) is 32.9. The Kier molecular flexibility index (Phi) is 5.13. The Morgan fingerprint density at radius 2 is 1.90 bits per heavy atom. The van der Waals surface area contributed by atoms with Gasteiger partial charge in [-0.3, -0.25) is 14.5 Å². The molecule has 0 spiro atoms. The fourth-order valence-corrected chi connectivity index (χ4v) is 3.02. The second kappa shape index (κ2) is 8.04. The summed E-state index contributed by atoms with van der Waals surface area (Å²) in [5.74, 6) is 1.06. The molecule has 8 nitrogen and oxygen atoms in total. The van der Waals surface area contributed by atoms with Gasteiger partial charge in [0.1, 0.15) is 17.2 Å². The third kappa shape index (κ3) is 4.12. The number of urea groups is 1. The van der Waals surface area contributed by atoms with E-state index in [-0.39, 0.29) is 5.56 Å². The number of aryl methyl sites for hydroxylation is 1. The first-order chi connectivity index (χ1) is 14.5. The number of carbonyl (C=O) groups excluding carboxylic acids is 1. The van der Waals surface area contributed by atoms with E-state index in [4.69, 9.17) is 4.74 Å². The predicted octanol–water partition coefficient (Wildman–Crippen LogP) is 3.72. The van der Waals surface area contributed by atoms with Crippen LogP contribution in [0.2, 0.25) is 0 Å². The van der Waals surface area contributed by atoms with Gasteiger partial charge >= 0.3 is 6.03 Å². The summed E-state index contributed by atoms with van der Waals surface area (Å²) in [6.07, 6.45) is 3.34. The van der Waals surface area contributed by atoms with E-state index in [1.165, 1.54) is 10.5 Å². The number of ether oxygens (including phenoxy) is 1. The van der Waals surface area contributed by atoms with Crippen LogP contribution in [0.15, 0.2) is 71.8 Å². The molecule has 0 saturated carbocycles. The molecule has 0 saturated heterocycles. The topological polar surface area (TPSA) is 97.6 Å². The molecular formula is C22H19N5O3. The van der Waals surface area contributed by atoms with Crippen molar-refractivity contribution in [2.45, 2.75) is 6.92 Å². The standard InChI is InChI=1S/C22H19N5O3/c1-14-10-21(28)27-9-8-15(11-20(27)24-14)16-6-7-19(23-13-16)26-22(29)25-17-4-3-5-18(12-17)30-2/h3-13H,1-2H3,(H2,23,25,26,29). The van der Waals surface area contributed by atoms with Crippen LogP contribution >= 0.6 is 0 Å². The summed E-state index contributed by atoms with van der Waals surface area (Å²) in [5.41, 5.74) is 3.43. The van der Waals surface area contributed by atoms with Crippen LogP contribution in [0, 0.1) is 6.92 Å². The fourth-order valence-electron chi connectivity index (χ4n) is 3.02. The van der Waals surface area contributed by atoms with Crippen molar-refractivity contribution in [2.24, 2.45) is 0 Å². The maximum Gasteiger partial charge on any atom is 0.324 e. The summed E-state index contributed by atoms with van der Waals surface area (Å²) in [7, 11) is 1.57. The van der Waals surface area contributed by atoms with Gasteiger partial charge in [0.15, 0.2) is 0 Å². The van der Waals surface area contributed by atoms with E-state index in [0.29, 0.717) is 28.6 Å². The van der Waals surface area contributed by atoms with E-state index >= 15 is 0 Å². The van der Waals surface area contributed by atoms with Crippen LogP contribution < -0.4 is 20.9 Å². The smallest absolute Gasteiger partial charge is 0.324 e. The van der Waals surface area contributed by atoms with E-state index in [1.807, 2.05) is 18.2 Å². The van der Waals surface area contributed by atoms with Crippen LogP contribution in [0.25, 0.3) is 16.8 Å². The third-order valence-corrected chi connectivity index (χ3v) is 4.46. The molecule has 0 atom stereocenters. The van der Waals surface area contributed by atoms with Gasteiger partial charge in [-0.2, -0.15) is 0 Å². The highest BCUT2D eigenvalue weighted by Gasteiger charge is 2.07. The molecule has 4 rings (SSSR count). The Bertz CT molecular complexity index is 1280. The van der Waals surface area contributed by atoms with E-state index < -0.39 is 6.03 Å². The fraction of sp³-hybridized carbons (Fsp3) is 0.0909. The van der Waals surface area contributed by atoms with Gasteiger partial charge in [0.25, 0.3) is 5.56 Å². The zero-order chi connectivity index (χ0) is 21.1. The van der Waals surface area contributed by atoms with E-state index in [0.717, 1.165) is 11.1 Å². The molecule has 0 aliphatic rings. The minimum Gasteiger partial charge on any atom is -0.497 e. The van der Waals surface area contributed by atoms with Crippen molar-refractivity contribution in [2.75, 3.05) is 17.7 Å². The molecule has 0 radical (unpaired) electrons. The first kappa shape index (κ1) is 19.1. The number of methoxy groups -OCH3 is 1. The number of aromatic nitrogens is 3. The summed E-state index contributed by atoms with van der Waals surface area (Å²) in [6.45, 7) is 1.78. The number of amides is 2. The van der Waals surface area contributed by atoms with E-state index in [9.17, 15) is 9.59 Å². The number of benzene rings is 1. The highest BCUT2D eigenvalue weighted by Crippen LogP contribution is 2.21. The number of fused-ring (bicyclic) bond motifs is 1. The lowest BCUT2D eigenvalue weighted by atomic mass is 10.1. The first-order valence-electron chi connectivity index (χ1n) is 9.20. The minimum absolute atomic E-state index is 0.122. The Hall–Kier alpha value is -4.20. The maximum atomic E-state index is 12.2. The summed E-state index contributed by atoms with van der Waals surface area (Å²) < 4.78 is 6.63. The molecule has 4 aromatic rings. The molecular weight excluding hydrogens is 382 g/mol. The maximum absolute atomic E-state index is 12.2. The minimum atomic E-state index is -0.409. The van der Waals surface area contributed by atoms with Crippen LogP contribution in [0.3, 0.4) is 0 Å². The number of hydrogen-bond acceptors (Lipinski definition) is 5. The predicted molar refractivity (Wildman–Crippen MR) is 115 cm³/mol. The van der Waals surface area contributed by atoms with Crippen LogP contribution in [-0.4, -0.2) is 27.5 Å². The molecule has 30 heavy (non-hydrogen) atoms. The lowest BCUT2D eigenvalue weighted by Gasteiger charge is -2.09. The second-order valence-electron chi connectivity index (χ2n) is 6.62. The van der Waals surface area contributed by atoms with Crippen molar-refractivity contribution in [3.8, 4) is 16.9 Å². The van der Waals surface area contributed by atoms with Crippen molar-refractivity contribution in [1.82, 2.24) is 14.4 Å². The molecule has 2 N–H and O–H groups in total. The average Bonchev–Trinajstić information content (AvgIpc) is 2.73. The van der Waals surface area contributed by atoms with E-state index in [1.54, 1.807) is 56.8 Å². The monoisotopic (exact) mass is 401 g/mol. The first-order valence-corrected chi connectivity index (χ1v) is 9.20. The molecule has 8 heteroatoms. The molecule has 0 fully saturated rings. The van der Waals surface area contributed by atoms with Crippen LogP contribution in [0.1, 0.15) is 5.69 Å². The molecule has 0 aliphatic carbocycles. The van der Waals surface area contributed by atoms with Crippen molar-refractivity contribution in [3.63, 3.8) is 0 Å². The third-order valence-electron chi connectivity index (χ3n) is 4.46. The Morgan fingerprint density at radius 1 is 1.03 bits per heavy atom. The molecule has 1 aromatic carbocycles. The van der Waals surface area contributed by atoms with Crippen molar-refractivity contribution in [3.05, 3.63) is 83.0 Å². The molecule has 0 unspecified atom stereocenters. The Labute approximate surface area is 172 Å². The van der Waals surface area contributed by atoms with Gasteiger partial charge in [-0.15, -0.1) is 0 Å². The lowest BCUT2D eigenvalue weighted by molar-refractivity contribution is 0.262. The number of hydrogen-bond donors (Lipinski definition) is 2. The van der Waals surface area contributed by atoms with Gasteiger partial charge in [0, 0.05) is 41.5 Å². The van der Waals surface area contributed by atoms with E-state index in [2.05, 4.69) is 20.6 Å². The Morgan fingerprint density at radius 3 is 2.67 bits per heavy atom. The van der Waals surface area contributed by atoms with Gasteiger partial charge in [-0.05, 0) is 48.9 Å². The lowest BCUT2D eigenvalue weighted by Crippen LogP contribution is -2.20. The Balaban J connectivity index is 1.49. The number of rotatable bonds is 4. The van der Waals surface area contributed by atoms with Crippen LogP contribution in [0.4, 0.5) is 16.3 Å². The van der Waals surface area contributed by atoms with Crippen molar-refractivity contribution >= 4 is 23.2 Å². The molecule has 0 aliphatic heterocycles.